The van der Waals surface area contributed by atoms with Crippen LogP contribution in [0.3, 0.4) is 0 Å². The molecule has 0 saturated heterocycles. The summed E-state index contributed by atoms with van der Waals surface area (Å²) in [4.78, 5) is 49.3. The van der Waals surface area contributed by atoms with Crippen LogP contribution in [0.25, 0.3) is 0 Å². The third-order valence-corrected chi connectivity index (χ3v) is 4.42. The average Bonchev–Trinajstić information content (AvgIpc) is 2.94. The van der Waals surface area contributed by atoms with Gasteiger partial charge in [0.05, 0.1) is 14.2 Å². The Labute approximate surface area is 217 Å². The van der Waals surface area contributed by atoms with Gasteiger partial charge in [0.2, 0.25) is 21.5 Å². The summed E-state index contributed by atoms with van der Waals surface area (Å²) in [5.74, 6) is -0.381. The van der Waals surface area contributed by atoms with Gasteiger partial charge in [-0.25, -0.2) is 43.1 Å². The molecule has 0 amide bonds. The topological polar surface area (TPSA) is 193 Å². The highest BCUT2D eigenvalue weighted by atomic mass is 32.2. The molecule has 4 aromatic heterocycles. The molecule has 0 spiro atoms. The molecule has 0 aliphatic heterocycles. The van der Waals surface area contributed by atoms with E-state index in [2.05, 4.69) is 56.8 Å². The number of nitrogens with one attached hydrogen (secondary N) is 1. The summed E-state index contributed by atoms with van der Waals surface area (Å²) < 4.78 is 31.8. The molecule has 4 aromatic rings. The number of sulfone groups is 1. The lowest BCUT2D eigenvalue weighted by Crippen LogP contribution is -2.07. The van der Waals surface area contributed by atoms with E-state index in [9.17, 15) is 18.0 Å². The molecule has 1 N–H and O–H groups in total. The van der Waals surface area contributed by atoms with E-state index in [1.165, 1.54) is 39.0 Å². The third kappa shape index (κ3) is 13.2. The first-order valence-corrected chi connectivity index (χ1v) is 12.1. The predicted molar refractivity (Wildman–Crippen MR) is 132 cm³/mol. The number of hydrogen-bond donors (Lipinski definition) is 1. The minimum absolute atomic E-state index is 0.0303. The second-order valence-corrected chi connectivity index (χ2v) is 8.36. The first-order valence-electron chi connectivity index (χ1n) is 9.84. The van der Waals surface area contributed by atoms with Gasteiger partial charge in [-0.1, -0.05) is 0 Å². The van der Waals surface area contributed by atoms with Crippen LogP contribution in [0.4, 0.5) is 0 Å². The summed E-state index contributed by atoms with van der Waals surface area (Å²) in [5.41, 5.74) is -0.0303. The number of H-pyrrole nitrogens is 1. The summed E-state index contributed by atoms with van der Waals surface area (Å²) in [7, 11) is -0.916. The molecular formula is C21H22N8O6S2. The molecule has 14 nitrogen and oxygen atoms in total. The Morgan fingerprint density at radius 2 is 1.59 bits per heavy atom. The zero-order chi connectivity index (χ0) is 27.5. The Bertz CT molecular complexity index is 1350. The number of esters is 1. The lowest BCUT2D eigenvalue weighted by atomic mass is 10.4. The van der Waals surface area contributed by atoms with Crippen molar-refractivity contribution in [2.45, 2.75) is 5.16 Å². The Kier molecular flexibility index (Phi) is 14.0. The monoisotopic (exact) mass is 546 g/mol. The molecule has 16 heteroatoms. The van der Waals surface area contributed by atoms with Crippen LogP contribution in [0.15, 0.2) is 72.9 Å². The van der Waals surface area contributed by atoms with Crippen molar-refractivity contribution in [2.24, 2.45) is 0 Å². The van der Waals surface area contributed by atoms with Crippen molar-refractivity contribution in [3.8, 4) is 5.88 Å². The minimum atomic E-state index is -3.53. The smallest absolute Gasteiger partial charge is 0.376 e. The maximum atomic E-state index is 11.1. The highest BCUT2D eigenvalue weighted by molar-refractivity contribution is 7.90. The number of nitrogens with zero attached hydrogens (tertiary/aromatic N) is 7. The molecule has 0 unspecified atom stereocenters. The fourth-order valence-electron chi connectivity index (χ4n) is 1.81. The van der Waals surface area contributed by atoms with Crippen LogP contribution >= 0.6 is 12.2 Å². The van der Waals surface area contributed by atoms with E-state index in [0.717, 1.165) is 6.26 Å². The van der Waals surface area contributed by atoms with E-state index in [1.54, 1.807) is 43.0 Å². The first-order chi connectivity index (χ1) is 17.7. The molecule has 0 bridgehead atoms. The van der Waals surface area contributed by atoms with E-state index in [1.807, 2.05) is 0 Å². The van der Waals surface area contributed by atoms with Crippen molar-refractivity contribution < 1.29 is 27.5 Å². The van der Waals surface area contributed by atoms with E-state index in [4.69, 9.17) is 4.74 Å². The fraction of sp³-hybridized carbons (Fsp3) is 0.143. The zero-order valence-corrected chi connectivity index (χ0v) is 21.5. The fourth-order valence-corrected chi connectivity index (χ4v) is 2.47. The molecule has 194 valence electrons. The van der Waals surface area contributed by atoms with Gasteiger partial charge in [-0.2, -0.15) is 4.98 Å². The summed E-state index contributed by atoms with van der Waals surface area (Å²) in [6, 6.07) is 6.45. The molecule has 0 fully saturated rings. The highest BCUT2D eigenvalue weighted by Gasteiger charge is 2.14. The predicted octanol–water partition coefficient (Wildman–Crippen LogP) is 1.58. The Morgan fingerprint density at radius 3 is 1.97 bits per heavy atom. The summed E-state index contributed by atoms with van der Waals surface area (Å²) >= 11 is 4.65. The number of hydrogen-bond acceptors (Lipinski definition) is 14. The molecule has 0 radical (unpaired) electrons. The van der Waals surface area contributed by atoms with Gasteiger partial charge < -0.3 is 14.5 Å². The zero-order valence-electron chi connectivity index (χ0n) is 19.8. The Morgan fingerprint density at radius 1 is 0.973 bits per heavy atom. The van der Waals surface area contributed by atoms with Crippen LogP contribution < -0.4 is 4.74 Å². The summed E-state index contributed by atoms with van der Waals surface area (Å²) in [5, 5.41) is -0.418. The largest absolute Gasteiger partial charge is 0.481 e. The van der Waals surface area contributed by atoms with Crippen molar-refractivity contribution in [3.05, 3.63) is 84.1 Å². The SMILES string of the molecule is COC(=O)c1ncccn1.COc1cc(C=O)nc(S(C)(=O)=O)n1.S=c1nccc[nH]1.c1cncnc1. The van der Waals surface area contributed by atoms with Crippen molar-refractivity contribution in [1.29, 1.82) is 0 Å². The Hall–Kier alpha value is -4.57. The third-order valence-electron chi connectivity index (χ3n) is 3.36. The van der Waals surface area contributed by atoms with Gasteiger partial charge in [-0.3, -0.25) is 4.79 Å². The van der Waals surface area contributed by atoms with Crippen molar-refractivity contribution in [1.82, 2.24) is 39.9 Å². The van der Waals surface area contributed by atoms with Crippen LogP contribution in [0, 0.1) is 4.77 Å². The number of aromatic nitrogens is 8. The second kappa shape index (κ2) is 17.0. The molecule has 0 aliphatic rings. The van der Waals surface area contributed by atoms with Crippen LogP contribution in [0.5, 0.6) is 5.88 Å². The van der Waals surface area contributed by atoms with Gasteiger partial charge in [0, 0.05) is 49.5 Å². The first kappa shape index (κ1) is 30.5. The van der Waals surface area contributed by atoms with Crippen LogP contribution in [0.1, 0.15) is 21.1 Å². The van der Waals surface area contributed by atoms with E-state index in [0.29, 0.717) is 11.1 Å². The lowest BCUT2D eigenvalue weighted by molar-refractivity contribution is 0.0586. The molecule has 0 saturated carbocycles. The number of aromatic amines is 1. The van der Waals surface area contributed by atoms with E-state index in [-0.39, 0.29) is 17.4 Å². The molecule has 4 heterocycles. The number of aldehydes is 1. The maximum absolute atomic E-state index is 11.1. The molecule has 0 atom stereocenters. The van der Waals surface area contributed by atoms with E-state index >= 15 is 0 Å². The van der Waals surface area contributed by atoms with Gasteiger partial charge in [0.1, 0.15) is 12.0 Å². The molecule has 4 rings (SSSR count). The minimum Gasteiger partial charge on any atom is -0.481 e. The quantitative estimate of drug-likeness (QED) is 0.168. The number of ether oxygens (including phenoxy) is 2. The summed E-state index contributed by atoms with van der Waals surface area (Å²) in [6.07, 6.45) is 12.6. The standard InChI is InChI=1S/C7H8N2O4S.C6H6N2O2.C4H4N2S.C4H4N2/c1-13-6-3-5(4-10)8-7(9-6)14(2,11)12;1-10-6(9)5-7-3-2-4-8-5;7-4-5-2-1-3-6-4;1-2-5-4-6-3-1/h3-4H,1-2H3;2-4H,1H3;1-3H,(H,5,6,7);1-4H. The van der Waals surface area contributed by atoms with Crippen LogP contribution in [-0.4, -0.2) is 81.0 Å². The van der Waals surface area contributed by atoms with Gasteiger partial charge >= 0.3 is 5.97 Å². The number of rotatable bonds is 4. The maximum Gasteiger partial charge on any atom is 0.376 e. The summed E-state index contributed by atoms with van der Waals surface area (Å²) in [6.45, 7) is 0. The van der Waals surface area contributed by atoms with Gasteiger partial charge in [-0.05, 0) is 30.4 Å². The normalized spacial score (nSPS) is 9.49. The molecule has 0 aliphatic carbocycles. The van der Waals surface area contributed by atoms with Crippen molar-refractivity contribution in [2.75, 3.05) is 20.5 Å². The van der Waals surface area contributed by atoms with Crippen molar-refractivity contribution >= 4 is 34.3 Å². The van der Waals surface area contributed by atoms with Crippen molar-refractivity contribution in [3.63, 3.8) is 0 Å². The van der Waals surface area contributed by atoms with Gasteiger partial charge in [-0.15, -0.1) is 0 Å². The van der Waals surface area contributed by atoms with Crippen LogP contribution in [0.2, 0.25) is 0 Å². The number of carbonyl (C=O) groups is 2. The lowest BCUT2D eigenvalue weighted by Gasteiger charge is -2.01. The molecular weight excluding hydrogens is 524 g/mol. The average molecular weight is 547 g/mol. The molecule has 37 heavy (non-hydrogen) atoms. The van der Waals surface area contributed by atoms with Gasteiger partial charge in [0.15, 0.2) is 11.1 Å². The molecule has 0 aromatic carbocycles. The Balaban J connectivity index is 0.000000260. The van der Waals surface area contributed by atoms with Gasteiger partial charge in [0.25, 0.3) is 5.16 Å². The number of methoxy groups -OCH3 is 2. The number of carbonyl (C=O) groups excluding carboxylic acids is 2. The van der Waals surface area contributed by atoms with E-state index < -0.39 is 21.0 Å². The van der Waals surface area contributed by atoms with Crippen LogP contribution in [-0.2, 0) is 14.6 Å². The second-order valence-electron chi connectivity index (χ2n) is 6.06. The highest BCUT2D eigenvalue weighted by Crippen LogP contribution is 2.10.